The molecule has 1 aromatic carbocycles. The Bertz CT molecular complexity index is 370. The van der Waals surface area contributed by atoms with E-state index in [1.165, 1.54) is 30.8 Å². The first-order valence-electron chi connectivity index (χ1n) is 5.86. The number of nitrogens with one attached hydrogen (secondary N) is 2. The summed E-state index contributed by atoms with van der Waals surface area (Å²) >= 11 is 0. The number of rotatable bonds is 1. The molecule has 0 aromatic heterocycles. The fourth-order valence-corrected chi connectivity index (χ4v) is 3.07. The van der Waals surface area contributed by atoms with E-state index in [0.717, 1.165) is 11.8 Å². The van der Waals surface area contributed by atoms with Crippen molar-refractivity contribution in [2.75, 3.05) is 19.6 Å². The third kappa shape index (κ3) is 2.60. The van der Waals surface area contributed by atoms with E-state index < -0.39 is 0 Å². The lowest BCUT2D eigenvalue weighted by molar-refractivity contribution is 0.449. The molecule has 2 heterocycles. The maximum absolute atomic E-state index is 3.68. The number of hydrogen-bond acceptors (Lipinski definition) is 2. The number of aryl methyl sites for hydroxylation is 1. The van der Waals surface area contributed by atoms with Gasteiger partial charge in [0, 0.05) is 19.1 Å². The fraction of sp³-hybridized carbons (Fsp3) is 0.538. The van der Waals surface area contributed by atoms with Crippen molar-refractivity contribution in [3.05, 3.63) is 35.4 Å². The molecule has 2 N–H and O–H groups in total. The van der Waals surface area contributed by atoms with Crippen LogP contribution >= 0.6 is 24.8 Å². The van der Waals surface area contributed by atoms with Crippen molar-refractivity contribution in [3.8, 4) is 0 Å². The Morgan fingerprint density at radius 1 is 1.06 bits per heavy atom. The molecule has 17 heavy (non-hydrogen) atoms. The SMILES string of the molecule is Cc1ccccc1[C@H]1NC[C@@H]2CNC[C@@H]21.Cl.Cl. The molecule has 96 valence electrons. The van der Waals surface area contributed by atoms with Crippen molar-refractivity contribution >= 4 is 24.8 Å². The molecule has 1 aromatic rings. The average molecular weight is 275 g/mol. The third-order valence-electron chi connectivity index (χ3n) is 3.94. The summed E-state index contributed by atoms with van der Waals surface area (Å²) in [5, 5.41) is 7.18. The molecule has 2 saturated heterocycles. The van der Waals surface area contributed by atoms with E-state index in [4.69, 9.17) is 0 Å². The Kier molecular flexibility index (Phi) is 5.26. The second kappa shape index (κ2) is 6.05. The van der Waals surface area contributed by atoms with Crippen molar-refractivity contribution in [2.24, 2.45) is 11.8 Å². The highest BCUT2D eigenvalue weighted by Gasteiger charge is 2.39. The fourth-order valence-electron chi connectivity index (χ4n) is 3.07. The molecule has 4 heteroatoms. The van der Waals surface area contributed by atoms with Gasteiger partial charge in [-0.15, -0.1) is 24.8 Å². The van der Waals surface area contributed by atoms with Gasteiger partial charge in [-0.05, 0) is 36.4 Å². The van der Waals surface area contributed by atoms with Crippen LogP contribution in [0.1, 0.15) is 17.2 Å². The summed E-state index contributed by atoms with van der Waals surface area (Å²) in [6, 6.07) is 9.34. The number of fused-ring (bicyclic) bond motifs is 1. The predicted octanol–water partition coefficient (Wildman–Crippen LogP) is 2.32. The Balaban J connectivity index is 0.000000722. The molecule has 2 fully saturated rings. The van der Waals surface area contributed by atoms with Crippen LogP contribution in [0.25, 0.3) is 0 Å². The standard InChI is InChI=1S/C13H18N2.2ClH/c1-9-4-2-3-5-11(9)13-12-8-14-6-10(12)7-15-13;;/h2-5,10,12-15H,6-8H2,1H3;2*1H/t10-,12-,13+;;/m0../s1. The van der Waals surface area contributed by atoms with Gasteiger partial charge in [0.05, 0.1) is 0 Å². The monoisotopic (exact) mass is 274 g/mol. The highest BCUT2D eigenvalue weighted by Crippen LogP contribution is 2.36. The summed E-state index contributed by atoms with van der Waals surface area (Å²) in [5.74, 6) is 1.64. The van der Waals surface area contributed by atoms with E-state index in [9.17, 15) is 0 Å². The van der Waals surface area contributed by atoms with Gasteiger partial charge in [0.2, 0.25) is 0 Å². The lowest BCUT2D eigenvalue weighted by Gasteiger charge is -2.20. The Morgan fingerprint density at radius 2 is 1.82 bits per heavy atom. The zero-order chi connectivity index (χ0) is 10.3. The smallest absolute Gasteiger partial charge is 0.0367 e. The summed E-state index contributed by atoms with van der Waals surface area (Å²) in [6.45, 7) is 5.76. The Morgan fingerprint density at radius 3 is 2.59 bits per heavy atom. The van der Waals surface area contributed by atoms with Gasteiger partial charge in [-0.3, -0.25) is 0 Å². The largest absolute Gasteiger partial charge is 0.316 e. The van der Waals surface area contributed by atoms with Gasteiger partial charge in [-0.25, -0.2) is 0 Å². The molecule has 0 spiro atoms. The van der Waals surface area contributed by atoms with Crippen molar-refractivity contribution in [2.45, 2.75) is 13.0 Å². The van der Waals surface area contributed by atoms with E-state index in [0.29, 0.717) is 6.04 Å². The first-order valence-corrected chi connectivity index (χ1v) is 5.86. The minimum absolute atomic E-state index is 0. The number of hydrogen-bond donors (Lipinski definition) is 2. The van der Waals surface area contributed by atoms with Gasteiger partial charge in [0.1, 0.15) is 0 Å². The molecule has 2 aliphatic heterocycles. The average Bonchev–Trinajstić information content (AvgIpc) is 2.80. The van der Waals surface area contributed by atoms with Gasteiger partial charge in [-0.2, -0.15) is 0 Å². The Labute approximate surface area is 115 Å². The molecule has 0 bridgehead atoms. The molecule has 0 aliphatic carbocycles. The van der Waals surface area contributed by atoms with Crippen LogP contribution in [0.3, 0.4) is 0 Å². The molecular formula is C13H20Cl2N2. The van der Waals surface area contributed by atoms with E-state index in [1.54, 1.807) is 0 Å². The minimum atomic E-state index is 0. The van der Waals surface area contributed by atoms with Crippen LogP contribution in [0, 0.1) is 18.8 Å². The summed E-state index contributed by atoms with van der Waals surface area (Å²) in [7, 11) is 0. The first kappa shape index (κ1) is 14.8. The van der Waals surface area contributed by atoms with Gasteiger partial charge < -0.3 is 10.6 Å². The van der Waals surface area contributed by atoms with E-state index in [2.05, 4.69) is 41.8 Å². The number of halogens is 2. The molecule has 0 amide bonds. The maximum atomic E-state index is 3.68. The van der Waals surface area contributed by atoms with Gasteiger partial charge in [-0.1, -0.05) is 24.3 Å². The first-order chi connectivity index (χ1) is 7.36. The molecule has 0 unspecified atom stereocenters. The molecule has 0 saturated carbocycles. The molecule has 2 nitrogen and oxygen atoms in total. The quantitative estimate of drug-likeness (QED) is 0.822. The second-order valence-electron chi connectivity index (χ2n) is 4.82. The molecule has 3 rings (SSSR count). The van der Waals surface area contributed by atoms with Crippen molar-refractivity contribution in [1.29, 1.82) is 0 Å². The van der Waals surface area contributed by atoms with Gasteiger partial charge in [0.25, 0.3) is 0 Å². The van der Waals surface area contributed by atoms with Crippen LogP contribution < -0.4 is 10.6 Å². The molecule has 2 aliphatic rings. The van der Waals surface area contributed by atoms with Crippen LogP contribution in [0.2, 0.25) is 0 Å². The van der Waals surface area contributed by atoms with Crippen LogP contribution in [0.5, 0.6) is 0 Å². The molecule has 3 atom stereocenters. The van der Waals surface area contributed by atoms with E-state index >= 15 is 0 Å². The van der Waals surface area contributed by atoms with Gasteiger partial charge >= 0.3 is 0 Å². The van der Waals surface area contributed by atoms with Crippen LogP contribution in [0.4, 0.5) is 0 Å². The van der Waals surface area contributed by atoms with Gasteiger partial charge in [0.15, 0.2) is 0 Å². The van der Waals surface area contributed by atoms with Crippen molar-refractivity contribution < 1.29 is 0 Å². The zero-order valence-electron chi connectivity index (χ0n) is 9.98. The van der Waals surface area contributed by atoms with E-state index in [1.807, 2.05) is 0 Å². The number of benzene rings is 1. The van der Waals surface area contributed by atoms with Crippen molar-refractivity contribution in [1.82, 2.24) is 10.6 Å². The lowest BCUT2D eigenvalue weighted by atomic mass is 9.88. The predicted molar refractivity (Wildman–Crippen MR) is 76.3 cm³/mol. The highest BCUT2D eigenvalue weighted by molar-refractivity contribution is 5.85. The summed E-state index contributed by atoms with van der Waals surface area (Å²) in [6.07, 6.45) is 0. The summed E-state index contributed by atoms with van der Waals surface area (Å²) in [5.41, 5.74) is 2.91. The van der Waals surface area contributed by atoms with Crippen molar-refractivity contribution in [3.63, 3.8) is 0 Å². The second-order valence-corrected chi connectivity index (χ2v) is 4.82. The van der Waals surface area contributed by atoms with Crippen LogP contribution in [-0.4, -0.2) is 19.6 Å². The summed E-state index contributed by atoms with van der Waals surface area (Å²) in [4.78, 5) is 0. The lowest BCUT2D eigenvalue weighted by Crippen LogP contribution is -2.24. The summed E-state index contributed by atoms with van der Waals surface area (Å²) < 4.78 is 0. The zero-order valence-corrected chi connectivity index (χ0v) is 11.6. The third-order valence-corrected chi connectivity index (χ3v) is 3.94. The maximum Gasteiger partial charge on any atom is 0.0367 e. The molecule has 0 radical (unpaired) electrons. The minimum Gasteiger partial charge on any atom is -0.316 e. The highest BCUT2D eigenvalue weighted by atomic mass is 35.5. The molecular weight excluding hydrogens is 255 g/mol. The van der Waals surface area contributed by atoms with Crippen LogP contribution in [0.15, 0.2) is 24.3 Å². The van der Waals surface area contributed by atoms with Crippen LogP contribution in [-0.2, 0) is 0 Å². The topological polar surface area (TPSA) is 24.1 Å². The Hall–Kier alpha value is -0.280. The normalized spacial score (nSPS) is 30.3. The van der Waals surface area contributed by atoms with E-state index in [-0.39, 0.29) is 24.8 Å².